The zero-order chi connectivity index (χ0) is 21.2. The lowest BCUT2D eigenvalue weighted by Gasteiger charge is -2.14. The fourth-order valence-corrected chi connectivity index (χ4v) is 3.67. The number of aryl methyl sites for hydroxylation is 4. The van der Waals surface area contributed by atoms with Crippen molar-refractivity contribution in [2.75, 3.05) is 20.7 Å². The van der Waals surface area contributed by atoms with Gasteiger partial charge in [-0.3, -0.25) is 4.79 Å². The maximum atomic E-state index is 12.5. The van der Waals surface area contributed by atoms with Crippen LogP contribution in [0.1, 0.15) is 43.0 Å². The molecule has 150 valence electrons. The minimum Gasteiger partial charge on any atom is -0.454 e. The van der Waals surface area contributed by atoms with Crippen LogP contribution >= 0.6 is 0 Å². The molecule has 0 unspecified atom stereocenters. The first kappa shape index (κ1) is 21.8. The van der Waals surface area contributed by atoms with E-state index in [9.17, 15) is 18.0 Å². The molecule has 2 rings (SSSR count). The summed E-state index contributed by atoms with van der Waals surface area (Å²) in [5, 5.41) is 0. The number of carbonyl (C=O) groups is 2. The first-order chi connectivity index (χ1) is 12.9. The van der Waals surface area contributed by atoms with Crippen LogP contribution in [0.5, 0.6) is 0 Å². The van der Waals surface area contributed by atoms with Gasteiger partial charge in [0.15, 0.2) is 6.61 Å². The van der Waals surface area contributed by atoms with Crippen molar-refractivity contribution in [1.29, 1.82) is 0 Å². The van der Waals surface area contributed by atoms with E-state index in [1.807, 2.05) is 26.8 Å². The van der Waals surface area contributed by atoms with Crippen LogP contribution in [0.3, 0.4) is 0 Å². The number of rotatable bonds is 6. The SMILES string of the molecule is Cc1cc(C)c(C(=O)COC(=O)c2cc(S(=O)(=O)N(C)C)ccc2C)cc1C. The van der Waals surface area contributed by atoms with Gasteiger partial charge in [-0.2, -0.15) is 0 Å². The Balaban J connectivity index is 2.22. The second kappa shape index (κ2) is 8.24. The van der Waals surface area contributed by atoms with Crippen LogP contribution in [0, 0.1) is 27.7 Å². The Morgan fingerprint density at radius 3 is 2.07 bits per heavy atom. The number of carbonyl (C=O) groups excluding carboxylic acids is 2. The number of hydrogen-bond donors (Lipinski definition) is 0. The van der Waals surface area contributed by atoms with E-state index in [4.69, 9.17) is 4.74 Å². The Morgan fingerprint density at radius 2 is 1.46 bits per heavy atom. The van der Waals surface area contributed by atoms with E-state index < -0.39 is 22.6 Å². The number of sulfonamides is 1. The summed E-state index contributed by atoms with van der Waals surface area (Å²) in [5.74, 6) is -1.04. The Morgan fingerprint density at radius 1 is 0.857 bits per heavy atom. The highest BCUT2D eigenvalue weighted by atomic mass is 32.2. The molecular weight excluding hydrogens is 378 g/mol. The summed E-state index contributed by atoms with van der Waals surface area (Å²) in [6, 6.07) is 7.96. The number of ketones is 1. The van der Waals surface area contributed by atoms with Gasteiger partial charge in [-0.1, -0.05) is 12.1 Å². The van der Waals surface area contributed by atoms with Gasteiger partial charge in [0.1, 0.15) is 0 Å². The number of hydrogen-bond acceptors (Lipinski definition) is 5. The van der Waals surface area contributed by atoms with Crippen molar-refractivity contribution in [3.05, 3.63) is 63.7 Å². The van der Waals surface area contributed by atoms with Crippen LogP contribution in [0.2, 0.25) is 0 Å². The molecule has 0 saturated carbocycles. The Hall–Kier alpha value is -2.51. The van der Waals surface area contributed by atoms with E-state index in [-0.39, 0.29) is 16.2 Å². The molecule has 0 bridgehead atoms. The van der Waals surface area contributed by atoms with Crippen LogP contribution in [-0.4, -0.2) is 45.2 Å². The first-order valence-electron chi connectivity index (χ1n) is 8.76. The molecule has 0 fully saturated rings. The van der Waals surface area contributed by atoms with Crippen molar-refractivity contribution in [3.63, 3.8) is 0 Å². The summed E-state index contributed by atoms with van der Waals surface area (Å²) in [4.78, 5) is 25.0. The van der Waals surface area contributed by atoms with Crippen LogP contribution < -0.4 is 0 Å². The van der Waals surface area contributed by atoms with E-state index in [2.05, 4.69) is 0 Å². The molecule has 0 spiro atoms. The maximum absolute atomic E-state index is 12.5. The topological polar surface area (TPSA) is 80.8 Å². The average Bonchev–Trinajstić information content (AvgIpc) is 2.62. The predicted octanol–water partition coefficient (Wildman–Crippen LogP) is 3.21. The van der Waals surface area contributed by atoms with Gasteiger partial charge >= 0.3 is 5.97 Å². The van der Waals surface area contributed by atoms with E-state index in [0.29, 0.717) is 11.1 Å². The lowest BCUT2D eigenvalue weighted by atomic mass is 9.98. The van der Waals surface area contributed by atoms with Gasteiger partial charge in [-0.25, -0.2) is 17.5 Å². The number of Topliss-reactive ketones (excluding diaryl/α,β-unsaturated/α-hetero) is 1. The van der Waals surface area contributed by atoms with Crippen molar-refractivity contribution in [2.24, 2.45) is 0 Å². The fraction of sp³-hybridized carbons (Fsp3) is 0.333. The number of benzene rings is 2. The summed E-state index contributed by atoms with van der Waals surface area (Å²) in [5.41, 5.74) is 4.08. The molecule has 0 N–H and O–H groups in total. The number of esters is 1. The lowest BCUT2D eigenvalue weighted by Crippen LogP contribution is -2.23. The molecule has 28 heavy (non-hydrogen) atoms. The Labute approximate surface area is 166 Å². The van der Waals surface area contributed by atoms with Crippen molar-refractivity contribution < 1.29 is 22.7 Å². The summed E-state index contributed by atoms with van der Waals surface area (Å²) in [6.07, 6.45) is 0. The minimum atomic E-state index is -3.68. The van der Waals surface area contributed by atoms with Crippen molar-refractivity contribution in [3.8, 4) is 0 Å². The van der Waals surface area contributed by atoms with Gasteiger partial charge in [0, 0.05) is 19.7 Å². The Bertz CT molecular complexity index is 1040. The van der Waals surface area contributed by atoms with Gasteiger partial charge < -0.3 is 4.74 Å². The Kier molecular flexibility index (Phi) is 6.41. The maximum Gasteiger partial charge on any atom is 0.338 e. The normalized spacial score (nSPS) is 11.5. The molecule has 0 aliphatic heterocycles. The molecule has 0 heterocycles. The predicted molar refractivity (Wildman–Crippen MR) is 107 cm³/mol. The summed E-state index contributed by atoms with van der Waals surface area (Å²) < 4.78 is 30.8. The zero-order valence-electron chi connectivity index (χ0n) is 17.0. The summed E-state index contributed by atoms with van der Waals surface area (Å²) >= 11 is 0. The third-order valence-electron chi connectivity index (χ3n) is 4.68. The van der Waals surface area contributed by atoms with Gasteiger partial charge in [-0.05, 0) is 68.1 Å². The third-order valence-corrected chi connectivity index (χ3v) is 6.49. The molecule has 0 aliphatic carbocycles. The highest BCUT2D eigenvalue weighted by molar-refractivity contribution is 7.89. The lowest BCUT2D eigenvalue weighted by molar-refractivity contribution is 0.0473. The molecule has 0 radical (unpaired) electrons. The molecule has 6 nitrogen and oxygen atoms in total. The van der Waals surface area contributed by atoms with Crippen LogP contribution in [0.15, 0.2) is 35.2 Å². The summed E-state index contributed by atoms with van der Waals surface area (Å²) in [7, 11) is -0.851. The van der Waals surface area contributed by atoms with Crippen LogP contribution in [-0.2, 0) is 14.8 Å². The third kappa shape index (κ3) is 4.48. The highest BCUT2D eigenvalue weighted by Crippen LogP contribution is 2.20. The molecule has 2 aromatic rings. The smallest absolute Gasteiger partial charge is 0.338 e. The van der Waals surface area contributed by atoms with Crippen LogP contribution in [0.25, 0.3) is 0 Å². The molecular formula is C21H25NO5S. The second-order valence-corrected chi connectivity index (χ2v) is 9.17. The molecule has 0 saturated heterocycles. The highest BCUT2D eigenvalue weighted by Gasteiger charge is 2.21. The molecule has 0 aliphatic rings. The molecule has 0 amide bonds. The van der Waals surface area contributed by atoms with E-state index in [1.165, 1.54) is 26.2 Å². The van der Waals surface area contributed by atoms with E-state index >= 15 is 0 Å². The van der Waals surface area contributed by atoms with Crippen molar-refractivity contribution >= 4 is 21.8 Å². The van der Waals surface area contributed by atoms with Gasteiger partial charge in [-0.15, -0.1) is 0 Å². The largest absolute Gasteiger partial charge is 0.454 e. The van der Waals surface area contributed by atoms with E-state index in [1.54, 1.807) is 19.1 Å². The number of nitrogens with zero attached hydrogens (tertiary/aromatic N) is 1. The van der Waals surface area contributed by atoms with Gasteiger partial charge in [0.2, 0.25) is 15.8 Å². The molecule has 0 atom stereocenters. The van der Waals surface area contributed by atoms with Crippen molar-refractivity contribution in [1.82, 2.24) is 4.31 Å². The first-order valence-corrected chi connectivity index (χ1v) is 10.2. The fourth-order valence-electron chi connectivity index (χ4n) is 2.74. The number of ether oxygens (including phenoxy) is 1. The van der Waals surface area contributed by atoms with Crippen molar-refractivity contribution in [2.45, 2.75) is 32.6 Å². The van der Waals surface area contributed by atoms with Crippen LogP contribution in [0.4, 0.5) is 0 Å². The van der Waals surface area contributed by atoms with Gasteiger partial charge in [0.25, 0.3) is 0 Å². The molecule has 0 aromatic heterocycles. The van der Waals surface area contributed by atoms with E-state index in [0.717, 1.165) is 21.0 Å². The monoisotopic (exact) mass is 403 g/mol. The quantitative estimate of drug-likeness (QED) is 0.546. The average molecular weight is 404 g/mol. The minimum absolute atomic E-state index is 0.00798. The summed E-state index contributed by atoms with van der Waals surface area (Å²) in [6.45, 7) is 6.98. The molecule has 7 heteroatoms. The standard InChI is InChI=1S/C21H25NO5S/c1-13-7-8-17(28(25,26)22(5)6)11-19(13)21(24)27-12-20(23)18-10-15(3)14(2)9-16(18)4/h7-11H,12H2,1-6H3. The van der Waals surface area contributed by atoms with Gasteiger partial charge in [0.05, 0.1) is 10.5 Å². The second-order valence-electron chi connectivity index (χ2n) is 7.01. The zero-order valence-corrected chi connectivity index (χ0v) is 17.8. The molecule has 2 aromatic carbocycles.